The molecule has 1 atom stereocenters. The molecule has 2 aromatic carbocycles. The standard InChI is InChI=1S/C22H23ClFN3OS/c1-15-7-4-5-12-26(15)21(28)14-29-22-25-19-10-2-3-11-20(19)27(22)13-16-17(23)8-6-9-18(16)24/h2-3,6,8-11,15H,4-5,7,12-14H2,1H3/t15-/m0/s1. The van der Waals surface area contributed by atoms with Crippen molar-refractivity contribution in [1.82, 2.24) is 14.5 Å². The molecule has 0 saturated carbocycles. The molecule has 1 aromatic heterocycles. The lowest BCUT2D eigenvalue weighted by Crippen LogP contribution is -2.43. The molecule has 1 saturated heterocycles. The van der Waals surface area contributed by atoms with Crippen molar-refractivity contribution in [2.45, 2.75) is 43.9 Å². The zero-order valence-electron chi connectivity index (χ0n) is 16.3. The Bertz CT molecular complexity index is 1020. The third-order valence-corrected chi connectivity index (χ3v) is 6.76. The van der Waals surface area contributed by atoms with Crippen LogP contribution in [0.2, 0.25) is 5.02 Å². The summed E-state index contributed by atoms with van der Waals surface area (Å²) in [5.74, 6) is 0.104. The third-order valence-electron chi connectivity index (χ3n) is 5.45. The van der Waals surface area contributed by atoms with Crippen molar-refractivity contribution < 1.29 is 9.18 Å². The smallest absolute Gasteiger partial charge is 0.233 e. The fourth-order valence-corrected chi connectivity index (χ4v) is 4.96. The first-order valence-electron chi connectivity index (χ1n) is 9.85. The first-order chi connectivity index (χ1) is 14.0. The van der Waals surface area contributed by atoms with E-state index in [0.717, 1.165) is 30.4 Å². The molecular formula is C22H23ClFN3OS. The number of para-hydroxylation sites is 2. The number of nitrogens with zero attached hydrogens (tertiary/aromatic N) is 3. The highest BCUT2D eigenvalue weighted by Gasteiger charge is 2.24. The number of hydrogen-bond donors (Lipinski definition) is 0. The molecule has 152 valence electrons. The molecule has 1 amide bonds. The molecule has 4 rings (SSSR count). The number of fused-ring (bicyclic) bond motifs is 1. The number of piperidine rings is 1. The maximum atomic E-state index is 14.4. The molecule has 0 aliphatic carbocycles. The lowest BCUT2D eigenvalue weighted by atomic mass is 10.0. The number of imidazole rings is 1. The molecule has 0 spiro atoms. The van der Waals surface area contributed by atoms with Crippen LogP contribution < -0.4 is 0 Å². The summed E-state index contributed by atoms with van der Waals surface area (Å²) in [6, 6.07) is 12.7. The summed E-state index contributed by atoms with van der Waals surface area (Å²) in [6.45, 7) is 3.20. The van der Waals surface area contributed by atoms with E-state index in [1.165, 1.54) is 24.2 Å². The van der Waals surface area contributed by atoms with Gasteiger partial charge in [0.15, 0.2) is 5.16 Å². The first-order valence-corrected chi connectivity index (χ1v) is 11.2. The first kappa shape index (κ1) is 20.2. The Hall–Kier alpha value is -2.05. The third kappa shape index (κ3) is 4.28. The molecule has 2 heterocycles. The van der Waals surface area contributed by atoms with Crippen molar-refractivity contribution in [2.75, 3.05) is 12.3 Å². The van der Waals surface area contributed by atoms with Crippen molar-refractivity contribution in [3.63, 3.8) is 0 Å². The Balaban J connectivity index is 1.61. The Morgan fingerprint density at radius 1 is 1.24 bits per heavy atom. The van der Waals surface area contributed by atoms with E-state index in [0.29, 0.717) is 21.5 Å². The van der Waals surface area contributed by atoms with Gasteiger partial charge < -0.3 is 9.47 Å². The molecule has 7 heteroatoms. The number of carbonyl (C=O) groups excluding carboxylic acids is 1. The highest BCUT2D eigenvalue weighted by molar-refractivity contribution is 7.99. The van der Waals surface area contributed by atoms with Gasteiger partial charge in [-0.05, 0) is 50.5 Å². The highest BCUT2D eigenvalue weighted by atomic mass is 35.5. The van der Waals surface area contributed by atoms with Crippen LogP contribution in [0.1, 0.15) is 31.7 Å². The van der Waals surface area contributed by atoms with E-state index < -0.39 is 0 Å². The molecular weight excluding hydrogens is 409 g/mol. The predicted octanol–water partition coefficient (Wildman–Crippen LogP) is 5.37. The topological polar surface area (TPSA) is 38.1 Å². The Kier molecular flexibility index (Phi) is 6.11. The Morgan fingerprint density at radius 3 is 2.86 bits per heavy atom. The lowest BCUT2D eigenvalue weighted by molar-refractivity contribution is -0.131. The summed E-state index contributed by atoms with van der Waals surface area (Å²) in [6.07, 6.45) is 3.29. The number of benzene rings is 2. The van der Waals surface area contributed by atoms with Gasteiger partial charge in [-0.15, -0.1) is 0 Å². The monoisotopic (exact) mass is 431 g/mol. The van der Waals surface area contributed by atoms with Crippen LogP contribution in [0.15, 0.2) is 47.6 Å². The van der Waals surface area contributed by atoms with Gasteiger partial charge in [0, 0.05) is 23.2 Å². The van der Waals surface area contributed by atoms with Gasteiger partial charge in [-0.1, -0.05) is 41.6 Å². The number of aromatic nitrogens is 2. The number of hydrogen-bond acceptors (Lipinski definition) is 3. The highest BCUT2D eigenvalue weighted by Crippen LogP contribution is 2.29. The molecule has 4 nitrogen and oxygen atoms in total. The van der Waals surface area contributed by atoms with E-state index in [2.05, 4.69) is 6.92 Å². The maximum Gasteiger partial charge on any atom is 0.233 e. The van der Waals surface area contributed by atoms with Crippen LogP contribution in [0.5, 0.6) is 0 Å². The largest absolute Gasteiger partial charge is 0.339 e. The number of thioether (sulfide) groups is 1. The van der Waals surface area contributed by atoms with Gasteiger partial charge in [0.2, 0.25) is 5.91 Å². The van der Waals surface area contributed by atoms with Crippen LogP contribution in [-0.4, -0.2) is 38.7 Å². The van der Waals surface area contributed by atoms with Gasteiger partial charge >= 0.3 is 0 Å². The zero-order chi connectivity index (χ0) is 20.4. The van der Waals surface area contributed by atoms with E-state index in [1.807, 2.05) is 33.7 Å². The molecule has 0 N–H and O–H groups in total. The number of carbonyl (C=O) groups is 1. The second-order valence-electron chi connectivity index (χ2n) is 7.39. The summed E-state index contributed by atoms with van der Waals surface area (Å²) >= 11 is 7.66. The maximum absolute atomic E-state index is 14.4. The van der Waals surface area contributed by atoms with Gasteiger partial charge in [-0.3, -0.25) is 4.79 Å². The minimum atomic E-state index is -0.343. The van der Waals surface area contributed by atoms with Crippen molar-refractivity contribution in [2.24, 2.45) is 0 Å². The Labute approximate surface area is 179 Å². The van der Waals surface area contributed by atoms with Crippen LogP contribution >= 0.6 is 23.4 Å². The van der Waals surface area contributed by atoms with Gasteiger partial charge in [0.1, 0.15) is 5.82 Å². The van der Waals surface area contributed by atoms with Gasteiger partial charge in [-0.2, -0.15) is 0 Å². The van der Waals surface area contributed by atoms with Crippen LogP contribution in [0.4, 0.5) is 4.39 Å². The van der Waals surface area contributed by atoms with E-state index >= 15 is 0 Å². The van der Waals surface area contributed by atoms with Crippen LogP contribution in [0, 0.1) is 5.82 Å². The molecule has 1 fully saturated rings. The summed E-state index contributed by atoms with van der Waals surface area (Å²) in [5, 5.41) is 1.08. The molecule has 29 heavy (non-hydrogen) atoms. The van der Waals surface area contributed by atoms with Crippen LogP contribution in [0.3, 0.4) is 0 Å². The summed E-state index contributed by atoms with van der Waals surface area (Å²) in [7, 11) is 0. The van der Waals surface area contributed by atoms with Crippen molar-refractivity contribution >= 4 is 40.3 Å². The van der Waals surface area contributed by atoms with E-state index in [-0.39, 0.29) is 24.3 Å². The van der Waals surface area contributed by atoms with Gasteiger partial charge in [0.25, 0.3) is 0 Å². The fourth-order valence-electron chi connectivity index (χ4n) is 3.84. The molecule has 0 radical (unpaired) electrons. The molecule has 3 aromatic rings. The second kappa shape index (κ2) is 8.76. The molecule has 1 aliphatic heterocycles. The van der Waals surface area contributed by atoms with Gasteiger partial charge in [-0.25, -0.2) is 9.37 Å². The average molecular weight is 432 g/mol. The molecule has 1 aliphatic rings. The van der Waals surface area contributed by atoms with Crippen molar-refractivity contribution in [3.05, 3.63) is 58.9 Å². The number of likely N-dealkylation sites (tertiary alicyclic amines) is 1. The average Bonchev–Trinajstić information content (AvgIpc) is 3.07. The predicted molar refractivity (Wildman–Crippen MR) is 116 cm³/mol. The number of rotatable bonds is 5. The Morgan fingerprint density at radius 2 is 2.07 bits per heavy atom. The SMILES string of the molecule is C[C@H]1CCCCN1C(=O)CSc1nc2ccccc2n1Cc1c(F)cccc1Cl. The lowest BCUT2D eigenvalue weighted by Gasteiger charge is -2.33. The normalized spacial score (nSPS) is 17.1. The number of amides is 1. The van der Waals surface area contributed by atoms with E-state index in [4.69, 9.17) is 16.6 Å². The van der Waals surface area contributed by atoms with Gasteiger partial charge in [0.05, 0.1) is 23.3 Å². The minimum absolute atomic E-state index is 0.129. The minimum Gasteiger partial charge on any atom is -0.339 e. The van der Waals surface area contributed by atoms with Crippen molar-refractivity contribution in [1.29, 1.82) is 0 Å². The second-order valence-corrected chi connectivity index (χ2v) is 8.74. The fraction of sp³-hybridized carbons (Fsp3) is 0.364. The summed E-state index contributed by atoms with van der Waals surface area (Å²) in [4.78, 5) is 19.4. The molecule has 0 unspecified atom stereocenters. The zero-order valence-corrected chi connectivity index (χ0v) is 17.8. The van der Waals surface area contributed by atoms with E-state index in [1.54, 1.807) is 12.1 Å². The quantitative estimate of drug-likeness (QED) is 0.509. The molecule has 0 bridgehead atoms. The summed E-state index contributed by atoms with van der Waals surface area (Å²) in [5.41, 5.74) is 2.14. The van der Waals surface area contributed by atoms with E-state index in [9.17, 15) is 9.18 Å². The van der Waals surface area contributed by atoms with Crippen LogP contribution in [-0.2, 0) is 11.3 Å². The summed E-state index contributed by atoms with van der Waals surface area (Å²) < 4.78 is 16.3. The van der Waals surface area contributed by atoms with Crippen LogP contribution in [0.25, 0.3) is 11.0 Å². The number of halogens is 2. The van der Waals surface area contributed by atoms with Crippen molar-refractivity contribution in [3.8, 4) is 0 Å².